The van der Waals surface area contributed by atoms with Crippen LogP contribution < -0.4 is 24.8 Å². The minimum atomic E-state index is 0. The number of para-hydroxylation sites is 1. The van der Waals surface area contributed by atoms with Crippen LogP contribution in [0.3, 0.4) is 0 Å². The third-order valence-corrected chi connectivity index (χ3v) is 5.50. The number of aryl methyl sites for hydroxylation is 2. The Balaban J connectivity index is 0.000000327. The smallest absolute Gasteiger partial charge is 1.00 e. The molecular weight excluding hydrogens is 490 g/mol. The van der Waals surface area contributed by atoms with Gasteiger partial charge in [0, 0.05) is 5.39 Å². The van der Waals surface area contributed by atoms with Gasteiger partial charge in [0.1, 0.15) is 0 Å². The number of hydrogen-bond donors (Lipinski definition) is 0. The number of fused-ring (bicyclic) bond motifs is 2. The van der Waals surface area contributed by atoms with Crippen molar-refractivity contribution in [2.24, 2.45) is 0 Å². The molecule has 0 amide bonds. The van der Waals surface area contributed by atoms with Gasteiger partial charge in [-0.05, 0) is 11.8 Å². The summed E-state index contributed by atoms with van der Waals surface area (Å²) in [5.74, 6) is 0. The van der Waals surface area contributed by atoms with Gasteiger partial charge in [0.15, 0.2) is 0 Å². The van der Waals surface area contributed by atoms with E-state index in [1.165, 1.54) is 38.4 Å². The molecule has 0 spiro atoms. The van der Waals surface area contributed by atoms with E-state index in [0.717, 1.165) is 11.2 Å². The third kappa shape index (κ3) is 5.14. The van der Waals surface area contributed by atoms with Crippen molar-refractivity contribution in [1.29, 1.82) is 0 Å². The number of halogens is 2. The van der Waals surface area contributed by atoms with Crippen LogP contribution in [0.15, 0.2) is 72.9 Å². The van der Waals surface area contributed by atoms with Gasteiger partial charge in [0.2, 0.25) is 0 Å². The zero-order chi connectivity index (χ0) is 19.0. The average molecular weight is 515 g/mol. The van der Waals surface area contributed by atoms with E-state index in [9.17, 15) is 0 Å². The number of rotatable bonds is 1. The molecule has 0 atom stereocenters. The third-order valence-electron chi connectivity index (χ3n) is 5.50. The van der Waals surface area contributed by atoms with Crippen molar-refractivity contribution in [1.82, 2.24) is 9.78 Å². The maximum absolute atomic E-state index is 4.48. The van der Waals surface area contributed by atoms with Crippen LogP contribution >= 0.6 is 0 Å². The molecule has 2 nitrogen and oxygen atoms in total. The standard InChI is InChI=1S/C16H11N2.C9H13.2ClH.Zr/c1-2-6-13-10-15(9-12(13)5-1)18-16-8-4-3-7-14(16)11-17-18;1-6-5-7(2)9(4)8(6)3;;;/h1-11H;5H,1-4H3;2*1H;/q2*-1;;;+4/p-2. The van der Waals surface area contributed by atoms with Crippen LogP contribution in [0.5, 0.6) is 0 Å². The largest absolute Gasteiger partial charge is 4.00 e. The molecule has 30 heavy (non-hydrogen) atoms. The summed E-state index contributed by atoms with van der Waals surface area (Å²) in [6.07, 6.45) is 1.91. The monoisotopic (exact) mass is 512 g/mol. The molecule has 0 unspecified atom stereocenters. The summed E-state index contributed by atoms with van der Waals surface area (Å²) in [6.45, 7) is 8.68. The van der Waals surface area contributed by atoms with E-state index in [4.69, 9.17) is 0 Å². The fraction of sp³-hybridized carbons (Fsp3) is 0.160. The second-order valence-electron chi connectivity index (χ2n) is 7.22. The molecule has 0 N–H and O–H groups in total. The Morgan fingerprint density at radius 2 is 1.53 bits per heavy atom. The first kappa shape index (κ1) is 26.4. The maximum Gasteiger partial charge on any atom is 4.00 e. The summed E-state index contributed by atoms with van der Waals surface area (Å²) in [4.78, 5) is 0. The molecule has 0 fully saturated rings. The fourth-order valence-corrected chi connectivity index (χ4v) is 3.57. The van der Waals surface area contributed by atoms with Gasteiger partial charge in [0.25, 0.3) is 0 Å². The van der Waals surface area contributed by atoms with Gasteiger partial charge in [-0.1, -0.05) is 52.0 Å². The molecule has 0 aliphatic rings. The summed E-state index contributed by atoms with van der Waals surface area (Å²) in [7, 11) is 0. The average Bonchev–Trinajstić information content (AvgIpc) is 3.35. The molecule has 5 heteroatoms. The van der Waals surface area contributed by atoms with Gasteiger partial charge >= 0.3 is 26.2 Å². The first-order valence-corrected chi connectivity index (χ1v) is 9.33. The van der Waals surface area contributed by atoms with Crippen LogP contribution in [-0.2, 0) is 26.2 Å². The van der Waals surface area contributed by atoms with Crippen molar-refractivity contribution < 1.29 is 51.0 Å². The van der Waals surface area contributed by atoms with Gasteiger partial charge in [-0.25, -0.2) is 0 Å². The number of aromatic nitrogens is 2. The van der Waals surface area contributed by atoms with Crippen molar-refractivity contribution in [2.45, 2.75) is 27.7 Å². The molecule has 0 radical (unpaired) electrons. The molecular formula is C25H24Cl2N2Zr. The Hall–Kier alpha value is -1.67. The van der Waals surface area contributed by atoms with Crippen molar-refractivity contribution in [3.05, 3.63) is 95.2 Å². The van der Waals surface area contributed by atoms with E-state index in [1.54, 1.807) is 0 Å². The molecule has 0 bridgehead atoms. The van der Waals surface area contributed by atoms with Crippen molar-refractivity contribution in [3.8, 4) is 5.69 Å². The zero-order valence-electron chi connectivity index (χ0n) is 17.6. The van der Waals surface area contributed by atoms with Crippen molar-refractivity contribution in [3.63, 3.8) is 0 Å². The summed E-state index contributed by atoms with van der Waals surface area (Å²) in [5, 5.41) is 8.16. The molecule has 152 valence electrons. The van der Waals surface area contributed by atoms with E-state index in [0.29, 0.717) is 0 Å². The Labute approximate surface area is 210 Å². The zero-order valence-corrected chi connectivity index (χ0v) is 21.5. The quantitative estimate of drug-likeness (QED) is 0.299. The summed E-state index contributed by atoms with van der Waals surface area (Å²) in [6, 6.07) is 23.2. The van der Waals surface area contributed by atoms with E-state index in [1.807, 2.05) is 23.0 Å². The van der Waals surface area contributed by atoms with Gasteiger partial charge in [-0.2, -0.15) is 33.4 Å². The topological polar surface area (TPSA) is 17.8 Å². The van der Waals surface area contributed by atoms with E-state index >= 15 is 0 Å². The van der Waals surface area contributed by atoms with Crippen LogP contribution in [0.2, 0.25) is 0 Å². The van der Waals surface area contributed by atoms with Crippen molar-refractivity contribution in [2.75, 3.05) is 0 Å². The van der Waals surface area contributed by atoms with E-state index in [-0.39, 0.29) is 51.0 Å². The number of hydrogen-bond acceptors (Lipinski definition) is 1. The summed E-state index contributed by atoms with van der Waals surface area (Å²) < 4.78 is 2.00. The second kappa shape index (κ2) is 11.1. The first-order chi connectivity index (χ1) is 13.0. The second-order valence-corrected chi connectivity index (χ2v) is 7.22. The molecule has 1 aromatic heterocycles. The first-order valence-electron chi connectivity index (χ1n) is 9.33. The van der Waals surface area contributed by atoms with E-state index in [2.05, 4.69) is 87.4 Å². The fourth-order valence-electron chi connectivity index (χ4n) is 3.57. The van der Waals surface area contributed by atoms with E-state index < -0.39 is 0 Å². The predicted molar refractivity (Wildman–Crippen MR) is 115 cm³/mol. The summed E-state index contributed by atoms with van der Waals surface area (Å²) in [5.41, 5.74) is 8.01. The molecule has 4 aromatic carbocycles. The molecule has 5 aromatic rings. The van der Waals surface area contributed by atoms with Crippen LogP contribution in [0.4, 0.5) is 0 Å². The maximum atomic E-state index is 4.48. The van der Waals surface area contributed by atoms with Crippen LogP contribution in [0.1, 0.15) is 22.3 Å². The number of nitrogens with zero attached hydrogens (tertiary/aromatic N) is 2. The van der Waals surface area contributed by atoms with Gasteiger partial charge in [-0.3, -0.25) is 4.68 Å². The molecule has 0 saturated carbocycles. The molecule has 5 rings (SSSR count). The molecule has 0 aliphatic carbocycles. The molecule has 0 saturated heterocycles. The Kier molecular flexibility index (Phi) is 9.75. The van der Waals surface area contributed by atoms with Crippen molar-refractivity contribution >= 4 is 21.7 Å². The minimum absolute atomic E-state index is 0. The SMILES string of the molecule is Cc1c[c-](C)c(C)c1C.[Cl-].[Cl-].[Zr+4].c1ccc2[cH-]c(-n3ncc4ccccc43)cc2c1. The van der Waals surface area contributed by atoms with Gasteiger partial charge < -0.3 is 24.8 Å². The van der Waals surface area contributed by atoms with Crippen LogP contribution in [0, 0.1) is 27.7 Å². The number of benzene rings is 2. The molecule has 1 heterocycles. The Bertz CT molecular complexity index is 1180. The van der Waals surface area contributed by atoms with Gasteiger partial charge in [0.05, 0.1) is 11.7 Å². The predicted octanol–water partition coefficient (Wildman–Crippen LogP) is 0.542. The Morgan fingerprint density at radius 1 is 0.900 bits per heavy atom. The normalized spacial score (nSPS) is 9.87. The minimum Gasteiger partial charge on any atom is -1.00 e. The van der Waals surface area contributed by atoms with Crippen LogP contribution in [-0.4, -0.2) is 9.78 Å². The Morgan fingerprint density at radius 3 is 2.10 bits per heavy atom. The van der Waals surface area contributed by atoms with Crippen LogP contribution in [0.25, 0.3) is 27.4 Å². The summed E-state index contributed by atoms with van der Waals surface area (Å²) >= 11 is 0. The van der Waals surface area contributed by atoms with Gasteiger partial charge in [-0.15, -0.1) is 41.1 Å². The molecule has 0 aliphatic heterocycles.